The van der Waals surface area contributed by atoms with Crippen LogP contribution in [0.3, 0.4) is 0 Å². The Kier molecular flexibility index (Phi) is 3.31. The second-order valence-corrected chi connectivity index (χ2v) is 4.98. The Hall–Kier alpha value is -1.26. The maximum Gasteiger partial charge on any atom is 0.147 e. The SMILES string of the molecule is Cc1cc(C)cc(-c2nnc(CCN)s2)c1. The summed E-state index contributed by atoms with van der Waals surface area (Å²) in [5.74, 6) is 0. The van der Waals surface area contributed by atoms with Crippen LogP contribution >= 0.6 is 11.3 Å². The van der Waals surface area contributed by atoms with Crippen molar-refractivity contribution in [2.75, 3.05) is 6.54 Å². The van der Waals surface area contributed by atoms with E-state index in [0.717, 1.165) is 22.0 Å². The molecule has 1 aromatic heterocycles. The van der Waals surface area contributed by atoms with E-state index in [9.17, 15) is 0 Å². The van der Waals surface area contributed by atoms with E-state index in [4.69, 9.17) is 5.73 Å². The van der Waals surface area contributed by atoms with Crippen LogP contribution in [-0.4, -0.2) is 16.7 Å². The first kappa shape index (κ1) is 11.2. The van der Waals surface area contributed by atoms with E-state index in [1.165, 1.54) is 11.1 Å². The van der Waals surface area contributed by atoms with E-state index in [1.807, 2.05) is 0 Å². The Morgan fingerprint density at radius 2 is 1.81 bits per heavy atom. The molecule has 3 nitrogen and oxygen atoms in total. The predicted octanol–water partition coefficient (Wildman–Crippen LogP) is 2.32. The summed E-state index contributed by atoms with van der Waals surface area (Å²) in [6.07, 6.45) is 0.808. The van der Waals surface area contributed by atoms with Crippen LogP contribution in [0.25, 0.3) is 10.6 Å². The van der Waals surface area contributed by atoms with Gasteiger partial charge in [-0.1, -0.05) is 28.5 Å². The third kappa shape index (κ3) is 2.46. The molecule has 2 aromatic rings. The first-order valence-corrected chi connectivity index (χ1v) is 6.12. The molecule has 84 valence electrons. The molecule has 0 aliphatic carbocycles. The fourth-order valence-electron chi connectivity index (χ4n) is 1.69. The molecule has 0 aliphatic heterocycles. The second-order valence-electron chi connectivity index (χ2n) is 3.92. The molecule has 0 bridgehead atoms. The van der Waals surface area contributed by atoms with Crippen LogP contribution in [0, 0.1) is 13.8 Å². The number of rotatable bonds is 3. The van der Waals surface area contributed by atoms with Crippen molar-refractivity contribution in [1.82, 2.24) is 10.2 Å². The number of hydrogen-bond acceptors (Lipinski definition) is 4. The lowest BCUT2D eigenvalue weighted by atomic mass is 10.1. The zero-order valence-electron chi connectivity index (χ0n) is 9.53. The van der Waals surface area contributed by atoms with Crippen LogP contribution in [0.2, 0.25) is 0 Å². The summed E-state index contributed by atoms with van der Waals surface area (Å²) in [5.41, 5.74) is 9.16. The van der Waals surface area contributed by atoms with Crippen LogP contribution in [-0.2, 0) is 6.42 Å². The van der Waals surface area contributed by atoms with Crippen molar-refractivity contribution >= 4 is 11.3 Å². The van der Waals surface area contributed by atoms with Gasteiger partial charge in [0.05, 0.1) is 0 Å². The number of aromatic nitrogens is 2. The number of hydrogen-bond donors (Lipinski definition) is 1. The van der Waals surface area contributed by atoms with Gasteiger partial charge in [0.2, 0.25) is 0 Å². The van der Waals surface area contributed by atoms with Crippen LogP contribution in [0.1, 0.15) is 16.1 Å². The quantitative estimate of drug-likeness (QED) is 0.885. The second kappa shape index (κ2) is 4.72. The Labute approximate surface area is 99.3 Å². The zero-order chi connectivity index (χ0) is 11.5. The van der Waals surface area contributed by atoms with Crippen molar-refractivity contribution in [3.05, 3.63) is 34.3 Å². The zero-order valence-corrected chi connectivity index (χ0v) is 10.3. The molecule has 0 fully saturated rings. The maximum absolute atomic E-state index is 5.50. The predicted molar refractivity (Wildman–Crippen MR) is 67.6 cm³/mol. The van der Waals surface area contributed by atoms with Gasteiger partial charge in [0.25, 0.3) is 0 Å². The van der Waals surface area contributed by atoms with Crippen molar-refractivity contribution in [1.29, 1.82) is 0 Å². The molecule has 1 heterocycles. The molecule has 2 N–H and O–H groups in total. The van der Waals surface area contributed by atoms with Crippen molar-refractivity contribution in [3.8, 4) is 10.6 Å². The first-order chi connectivity index (χ1) is 7.69. The summed E-state index contributed by atoms with van der Waals surface area (Å²) in [7, 11) is 0. The molecule has 0 aliphatic rings. The van der Waals surface area contributed by atoms with Crippen molar-refractivity contribution in [2.45, 2.75) is 20.3 Å². The van der Waals surface area contributed by atoms with Gasteiger partial charge in [0.1, 0.15) is 10.0 Å². The molecule has 2 rings (SSSR count). The highest BCUT2D eigenvalue weighted by molar-refractivity contribution is 7.14. The highest BCUT2D eigenvalue weighted by Crippen LogP contribution is 2.25. The molecular weight excluding hydrogens is 218 g/mol. The highest BCUT2D eigenvalue weighted by atomic mass is 32.1. The lowest BCUT2D eigenvalue weighted by Crippen LogP contribution is -2.01. The van der Waals surface area contributed by atoms with E-state index in [0.29, 0.717) is 6.54 Å². The minimum Gasteiger partial charge on any atom is -0.330 e. The Morgan fingerprint density at radius 3 is 2.44 bits per heavy atom. The molecular formula is C12H15N3S. The monoisotopic (exact) mass is 233 g/mol. The maximum atomic E-state index is 5.50. The molecule has 0 spiro atoms. The van der Waals surface area contributed by atoms with Crippen LogP contribution in [0.4, 0.5) is 0 Å². The third-order valence-electron chi connectivity index (χ3n) is 2.29. The van der Waals surface area contributed by atoms with Gasteiger partial charge in [0.15, 0.2) is 0 Å². The van der Waals surface area contributed by atoms with Gasteiger partial charge in [-0.05, 0) is 32.5 Å². The Morgan fingerprint density at radius 1 is 1.12 bits per heavy atom. The first-order valence-electron chi connectivity index (χ1n) is 5.30. The van der Waals surface area contributed by atoms with Crippen molar-refractivity contribution in [3.63, 3.8) is 0 Å². The minimum absolute atomic E-state index is 0.626. The van der Waals surface area contributed by atoms with Gasteiger partial charge >= 0.3 is 0 Å². The molecule has 16 heavy (non-hydrogen) atoms. The van der Waals surface area contributed by atoms with Gasteiger partial charge in [-0.25, -0.2) is 0 Å². The summed E-state index contributed by atoms with van der Waals surface area (Å²) >= 11 is 1.63. The standard InChI is InChI=1S/C12H15N3S/c1-8-5-9(2)7-10(6-8)12-15-14-11(16-12)3-4-13/h5-7H,3-4,13H2,1-2H3. The smallest absolute Gasteiger partial charge is 0.147 e. The van der Waals surface area contributed by atoms with Crippen molar-refractivity contribution < 1.29 is 0 Å². The van der Waals surface area contributed by atoms with E-state index in [-0.39, 0.29) is 0 Å². The van der Waals surface area contributed by atoms with Crippen LogP contribution in [0.15, 0.2) is 18.2 Å². The normalized spacial score (nSPS) is 10.7. The van der Waals surface area contributed by atoms with Gasteiger partial charge in [-0.2, -0.15) is 0 Å². The van der Waals surface area contributed by atoms with Crippen LogP contribution < -0.4 is 5.73 Å². The number of benzene rings is 1. The van der Waals surface area contributed by atoms with E-state index in [2.05, 4.69) is 42.2 Å². The minimum atomic E-state index is 0.626. The van der Waals surface area contributed by atoms with Gasteiger partial charge in [-0.3, -0.25) is 0 Å². The number of aryl methyl sites for hydroxylation is 2. The molecule has 1 aromatic carbocycles. The molecule has 0 radical (unpaired) electrons. The number of nitrogens with zero attached hydrogens (tertiary/aromatic N) is 2. The summed E-state index contributed by atoms with van der Waals surface area (Å²) in [6.45, 7) is 4.82. The summed E-state index contributed by atoms with van der Waals surface area (Å²) < 4.78 is 0. The topological polar surface area (TPSA) is 51.8 Å². The highest BCUT2D eigenvalue weighted by Gasteiger charge is 2.06. The molecule has 0 saturated heterocycles. The van der Waals surface area contributed by atoms with Gasteiger partial charge < -0.3 is 5.73 Å². The molecule has 0 unspecified atom stereocenters. The van der Waals surface area contributed by atoms with Crippen molar-refractivity contribution in [2.24, 2.45) is 5.73 Å². The molecule has 0 amide bonds. The van der Waals surface area contributed by atoms with E-state index < -0.39 is 0 Å². The van der Waals surface area contributed by atoms with Crippen LogP contribution in [0.5, 0.6) is 0 Å². The van der Waals surface area contributed by atoms with Gasteiger partial charge in [-0.15, -0.1) is 10.2 Å². The average molecular weight is 233 g/mol. The average Bonchev–Trinajstić information content (AvgIpc) is 2.65. The van der Waals surface area contributed by atoms with E-state index >= 15 is 0 Å². The summed E-state index contributed by atoms with van der Waals surface area (Å²) in [5, 5.41) is 10.3. The molecule has 4 heteroatoms. The largest absolute Gasteiger partial charge is 0.330 e. The summed E-state index contributed by atoms with van der Waals surface area (Å²) in [6, 6.07) is 6.44. The molecule has 0 atom stereocenters. The fraction of sp³-hybridized carbons (Fsp3) is 0.333. The van der Waals surface area contributed by atoms with Gasteiger partial charge in [0, 0.05) is 12.0 Å². The van der Waals surface area contributed by atoms with E-state index in [1.54, 1.807) is 11.3 Å². The Bertz CT molecular complexity index is 471. The number of nitrogens with two attached hydrogens (primary N) is 1. The molecule has 0 saturated carbocycles. The fourth-order valence-corrected chi connectivity index (χ4v) is 2.54. The Balaban J connectivity index is 2.34. The lowest BCUT2D eigenvalue weighted by molar-refractivity contribution is 0.913. The summed E-state index contributed by atoms with van der Waals surface area (Å²) in [4.78, 5) is 0. The lowest BCUT2D eigenvalue weighted by Gasteiger charge is -2.00. The third-order valence-corrected chi connectivity index (χ3v) is 3.33.